The van der Waals surface area contributed by atoms with Crippen molar-refractivity contribution in [2.75, 3.05) is 0 Å². The predicted octanol–water partition coefficient (Wildman–Crippen LogP) is 1.17. The monoisotopic (exact) mass is 190 g/mol. The largest absolute Gasteiger partial charge is 0.389 e. The summed E-state index contributed by atoms with van der Waals surface area (Å²) >= 11 is 0. The second kappa shape index (κ2) is 4.28. The van der Waals surface area contributed by atoms with Crippen molar-refractivity contribution >= 4 is 0 Å². The van der Waals surface area contributed by atoms with Crippen molar-refractivity contribution in [3.63, 3.8) is 0 Å². The standard InChI is InChI=1S/C12H14O2/c1-10(13)12(2,14)9-8-11-6-4-3-5-7-11/h3-7,10,13-14H,1-2H3. The zero-order valence-corrected chi connectivity index (χ0v) is 8.36. The van der Waals surface area contributed by atoms with Gasteiger partial charge in [0.2, 0.25) is 0 Å². The second-order valence-corrected chi connectivity index (χ2v) is 3.44. The molecule has 2 nitrogen and oxygen atoms in total. The molecule has 0 aliphatic rings. The fraction of sp³-hybridized carbons (Fsp3) is 0.333. The summed E-state index contributed by atoms with van der Waals surface area (Å²) in [6.45, 7) is 3.01. The minimum atomic E-state index is -1.35. The van der Waals surface area contributed by atoms with E-state index in [1.807, 2.05) is 30.3 Å². The summed E-state index contributed by atoms with van der Waals surface area (Å²) in [7, 11) is 0. The molecule has 0 saturated heterocycles. The molecular weight excluding hydrogens is 176 g/mol. The third-order valence-corrected chi connectivity index (χ3v) is 2.05. The zero-order valence-electron chi connectivity index (χ0n) is 8.36. The summed E-state index contributed by atoms with van der Waals surface area (Å²) < 4.78 is 0. The molecule has 0 aliphatic heterocycles. The molecule has 0 bridgehead atoms. The summed E-state index contributed by atoms with van der Waals surface area (Å²) in [6, 6.07) is 9.36. The van der Waals surface area contributed by atoms with Crippen LogP contribution in [0.4, 0.5) is 0 Å². The lowest BCUT2D eigenvalue weighted by molar-refractivity contribution is -0.00786. The molecule has 1 aromatic carbocycles. The quantitative estimate of drug-likeness (QED) is 0.653. The molecule has 2 atom stereocenters. The van der Waals surface area contributed by atoms with Crippen LogP contribution in [0.2, 0.25) is 0 Å². The van der Waals surface area contributed by atoms with E-state index in [2.05, 4.69) is 11.8 Å². The molecule has 0 saturated carbocycles. The van der Waals surface area contributed by atoms with Crippen molar-refractivity contribution in [2.45, 2.75) is 25.6 Å². The number of aliphatic hydroxyl groups is 2. The molecule has 14 heavy (non-hydrogen) atoms. The Balaban J connectivity index is 2.83. The lowest BCUT2D eigenvalue weighted by atomic mass is 10.0. The van der Waals surface area contributed by atoms with E-state index >= 15 is 0 Å². The summed E-state index contributed by atoms with van der Waals surface area (Å²) in [4.78, 5) is 0. The second-order valence-electron chi connectivity index (χ2n) is 3.44. The summed E-state index contributed by atoms with van der Waals surface area (Å²) in [5, 5.41) is 18.8. The topological polar surface area (TPSA) is 40.5 Å². The fourth-order valence-electron chi connectivity index (χ4n) is 0.825. The van der Waals surface area contributed by atoms with Gasteiger partial charge in [0.25, 0.3) is 0 Å². The highest BCUT2D eigenvalue weighted by molar-refractivity contribution is 5.35. The number of hydrogen-bond donors (Lipinski definition) is 2. The van der Waals surface area contributed by atoms with Crippen LogP contribution >= 0.6 is 0 Å². The minimum absolute atomic E-state index is 0.827. The van der Waals surface area contributed by atoms with Crippen molar-refractivity contribution in [1.29, 1.82) is 0 Å². The Hall–Kier alpha value is -1.30. The maximum Gasteiger partial charge on any atom is 0.148 e. The van der Waals surface area contributed by atoms with Crippen molar-refractivity contribution < 1.29 is 10.2 Å². The summed E-state index contributed by atoms with van der Waals surface area (Å²) in [5.74, 6) is 5.44. The molecule has 0 amide bonds. The highest BCUT2D eigenvalue weighted by Gasteiger charge is 2.23. The van der Waals surface area contributed by atoms with E-state index in [-0.39, 0.29) is 0 Å². The van der Waals surface area contributed by atoms with E-state index in [4.69, 9.17) is 0 Å². The van der Waals surface area contributed by atoms with Gasteiger partial charge in [-0.05, 0) is 26.0 Å². The Morgan fingerprint density at radius 2 is 1.86 bits per heavy atom. The highest BCUT2D eigenvalue weighted by Crippen LogP contribution is 2.07. The van der Waals surface area contributed by atoms with Crippen molar-refractivity contribution in [1.82, 2.24) is 0 Å². The third-order valence-electron chi connectivity index (χ3n) is 2.05. The Labute approximate surface area is 84.2 Å². The minimum Gasteiger partial charge on any atom is -0.389 e. The lowest BCUT2D eigenvalue weighted by Gasteiger charge is -2.19. The van der Waals surface area contributed by atoms with Crippen LogP contribution in [0.5, 0.6) is 0 Å². The fourth-order valence-corrected chi connectivity index (χ4v) is 0.825. The van der Waals surface area contributed by atoms with Crippen LogP contribution in [0, 0.1) is 11.8 Å². The molecule has 0 spiro atoms. The smallest absolute Gasteiger partial charge is 0.148 e. The van der Waals surface area contributed by atoms with Crippen LogP contribution in [0.25, 0.3) is 0 Å². The maximum absolute atomic E-state index is 9.63. The first-order valence-electron chi connectivity index (χ1n) is 4.51. The molecule has 0 heterocycles. The molecule has 1 rings (SSSR count). The molecule has 0 aliphatic carbocycles. The number of aliphatic hydroxyl groups excluding tert-OH is 1. The predicted molar refractivity (Wildman–Crippen MR) is 55.6 cm³/mol. The van der Waals surface area contributed by atoms with Crippen LogP contribution in [-0.2, 0) is 0 Å². The molecule has 0 radical (unpaired) electrons. The van der Waals surface area contributed by atoms with Crippen LogP contribution in [-0.4, -0.2) is 21.9 Å². The van der Waals surface area contributed by atoms with Gasteiger partial charge in [-0.3, -0.25) is 0 Å². The van der Waals surface area contributed by atoms with Gasteiger partial charge in [-0.15, -0.1) is 0 Å². The third kappa shape index (κ3) is 2.88. The van der Waals surface area contributed by atoms with Gasteiger partial charge in [-0.2, -0.15) is 0 Å². The van der Waals surface area contributed by atoms with Crippen LogP contribution in [0.1, 0.15) is 19.4 Å². The van der Waals surface area contributed by atoms with E-state index < -0.39 is 11.7 Å². The molecule has 1 aromatic rings. The van der Waals surface area contributed by atoms with Crippen LogP contribution in [0.3, 0.4) is 0 Å². The SMILES string of the molecule is CC(O)C(C)(O)C#Cc1ccccc1. The van der Waals surface area contributed by atoms with Crippen molar-refractivity contribution in [2.24, 2.45) is 0 Å². The first kappa shape index (κ1) is 10.8. The first-order chi connectivity index (χ1) is 6.52. The van der Waals surface area contributed by atoms with Gasteiger partial charge in [0.05, 0.1) is 6.10 Å². The summed E-state index contributed by atoms with van der Waals surface area (Å²) in [5.41, 5.74) is -0.524. The molecule has 0 aromatic heterocycles. The summed E-state index contributed by atoms with van der Waals surface area (Å²) in [6.07, 6.45) is -0.862. The van der Waals surface area contributed by atoms with Gasteiger partial charge >= 0.3 is 0 Å². The molecule has 2 unspecified atom stereocenters. The lowest BCUT2D eigenvalue weighted by Crippen LogP contribution is -2.35. The number of hydrogen-bond acceptors (Lipinski definition) is 2. The number of benzene rings is 1. The molecule has 74 valence electrons. The molecular formula is C12H14O2. The van der Waals surface area contributed by atoms with Crippen LogP contribution in [0.15, 0.2) is 30.3 Å². The van der Waals surface area contributed by atoms with Gasteiger partial charge in [0, 0.05) is 5.56 Å². The Kier molecular flexibility index (Phi) is 3.29. The normalized spacial score (nSPS) is 16.3. The van der Waals surface area contributed by atoms with Crippen molar-refractivity contribution in [3.05, 3.63) is 35.9 Å². The molecule has 2 N–H and O–H groups in total. The molecule has 2 heteroatoms. The van der Waals surface area contributed by atoms with E-state index in [9.17, 15) is 10.2 Å². The Morgan fingerprint density at radius 3 is 2.36 bits per heavy atom. The number of rotatable bonds is 1. The Morgan fingerprint density at radius 1 is 1.29 bits per heavy atom. The van der Waals surface area contributed by atoms with Gasteiger partial charge in [0.1, 0.15) is 5.60 Å². The highest BCUT2D eigenvalue weighted by atomic mass is 16.3. The Bertz CT molecular complexity index is 342. The van der Waals surface area contributed by atoms with Gasteiger partial charge in [-0.1, -0.05) is 30.0 Å². The zero-order chi connectivity index (χ0) is 10.6. The van der Waals surface area contributed by atoms with Crippen LogP contribution < -0.4 is 0 Å². The van der Waals surface area contributed by atoms with E-state index in [0.717, 1.165) is 5.56 Å². The van der Waals surface area contributed by atoms with Crippen molar-refractivity contribution in [3.8, 4) is 11.8 Å². The molecule has 0 fully saturated rings. The van der Waals surface area contributed by atoms with E-state index in [1.165, 1.54) is 13.8 Å². The van der Waals surface area contributed by atoms with Gasteiger partial charge in [0.15, 0.2) is 0 Å². The van der Waals surface area contributed by atoms with E-state index in [0.29, 0.717) is 0 Å². The van der Waals surface area contributed by atoms with Gasteiger partial charge in [-0.25, -0.2) is 0 Å². The first-order valence-corrected chi connectivity index (χ1v) is 4.51. The van der Waals surface area contributed by atoms with Gasteiger partial charge < -0.3 is 10.2 Å². The average molecular weight is 190 g/mol. The average Bonchev–Trinajstić information content (AvgIpc) is 2.16. The maximum atomic E-state index is 9.63. The van der Waals surface area contributed by atoms with E-state index in [1.54, 1.807) is 0 Å².